The zero-order valence-corrected chi connectivity index (χ0v) is 8.67. The highest BCUT2D eigenvalue weighted by Gasteiger charge is 2.40. The third-order valence-electron chi connectivity index (χ3n) is 1.94. The molecule has 0 aromatic carbocycles. The second-order valence-corrected chi connectivity index (χ2v) is 4.48. The van der Waals surface area contributed by atoms with Gasteiger partial charge in [0.2, 0.25) is 0 Å². The van der Waals surface area contributed by atoms with Gasteiger partial charge in [0.15, 0.2) is 6.29 Å². The van der Waals surface area contributed by atoms with E-state index in [0.29, 0.717) is 0 Å². The van der Waals surface area contributed by atoms with Crippen LogP contribution in [0.4, 0.5) is 0 Å². The Hall–Kier alpha value is -0.200. The molecule has 4 atom stereocenters. The first-order chi connectivity index (χ1) is 6.31. The Morgan fingerprint density at radius 1 is 1.21 bits per heavy atom. The molecule has 0 aliphatic carbocycles. The van der Waals surface area contributed by atoms with E-state index in [1.807, 2.05) is 0 Å². The zero-order chi connectivity index (χ0) is 10.9. The summed E-state index contributed by atoms with van der Waals surface area (Å²) in [4.78, 5) is 0. The molecule has 0 unspecified atom stereocenters. The van der Waals surface area contributed by atoms with E-state index in [1.165, 1.54) is 0 Å². The molecule has 84 valence electrons. The predicted molar refractivity (Wildman–Crippen MR) is 48.6 cm³/mol. The number of hydrogen-bond acceptors (Lipinski definition) is 5. The zero-order valence-electron chi connectivity index (χ0n) is 8.67. The standard InChI is InChI=1S/C9H18O5/c1-9(2,3)14-7-6(11)5(10)4-13-8(7)12/h5-8,10-12H,4H2,1-3H3/t5-,6+,7+,8+/m1/s1. The molecule has 0 radical (unpaired) electrons. The van der Waals surface area contributed by atoms with Gasteiger partial charge in [-0.25, -0.2) is 0 Å². The van der Waals surface area contributed by atoms with Crippen LogP contribution < -0.4 is 0 Å². The van der Waals surface area contributed by atoms with E-state index < -0.39 is 30.2 Å². The van der Waals surface area contributed by atoms with Crippen LogP contribution in [0.2, 0.25) is 0 Å². The minimum absolute atomic E-state index is 0.0770. The lowest BCUT2D eigenvalue weighted by Gasteiger charge is -2.38. The summed E-state index contributed by atoms with van der Waals surface area (Å²) in [5.74, 6) is 0. The van der Waals surface area contributed by atoms with Gasteiger partial charge in [0.25, 0.3) is 0 Å². The Morgan fingerprint density at radius 2 is 1.79 bits per heavy atom. The molecule has 0 aromatic heterocycles. The smallest absolute Gasteiger partial charge is 0.183 e. The van der Waals surface area contributed by atoms with Crippen LogP contribution in [-0.2, 0) is 9.47 Å². The molecule has 5 nitrogen and oxygen atoms in total. The number of ether oxygens (including phenoxy) is 2. The molecule has 14 heavy (non-hydrogen) atoms. The second-order valence-electron chi connectivity index (χ2n) is 4.48. The number of hydrogen-bond donors (Lipinski definition) is 3. The molecule has 0 saturated carbocycles. The van der Waals surface area contributed by atoms with Crippen molar-refractivity contribution in [2.75, 3.05) is 6.61 Å². The monoisotopic (exact) mass is 206 g/mol. The summed E-state index contributed by atoms with van der Waals surface area (Å²) in [5, 5.41) is 28.3. The maximum atomic E-state index is 9.56. The van der Waals surface area contributed by atoms with Crippen molar-refractivity contribution in [1.29, 1.82) is 0 Å². The number of rotatable bonds is 1. The Labute approximate surface area is 83.3 Å². The van der Waals surface area contributed by atoms with Gasteiger partial charge in [-0.2, -0.15) is 0 Å². The highest BCUT2D eigenvalue weighted by atomic mass is 16.6. The van der Waals surface area contributed by atoms with Crippen molar-refractivity contribution < 1.29 is 24.8 Å². The number of aliphatic hydroxyl groups is 3. The largest absolute Gasteiger partial charge is 0.388 e. The van der Waals surface area contributed by atoms with Crippen LogP contribution in [-0.4, -0.2) is 52.1 Å². The van der Waals surface area contributed by atoms with Crippen LogP contribution >= 0.6 is 0 Å². The van der Waals surface area contributed by atoms with E-state index in [0.717, 1.165) is 0 Å². The van der Waals surface area contributed by atoms with Gasteiger partial charge in [-0.05, 0) is 20.8 Å². The Kier molecular flexibility index (Phi) is 3.49. The van der Waals surface area contributed by atoms with Crippen molar-refractivity contribution in [2.24, 2.45) is 0 Å². The van der Waals surface area contributed by atoms with E-state index in [-0.39, 0.29) is 6.61 Å². The molecule has 0 spiro atoms. The Bertz CT molecular complexity index is 188. The summed E-state index contributed by atoms with van der Waals surface area (Å²) in [6, 6.07) is 0. The fraction of sp³-hybridized carbons (Fsp3) is 1.00. The minimum atomic E-state index is -1.19. The molecule has 3 N–H and O–H groups in total. The van der Waals surface area contributed by atoms with E-state index >= 15 is 0 Å². The van der Waals surface area contributed by atoms with Gasteiger partial charge in [-0.15, -0.1) is 0 Å². The molecule has 1 aliphatic rings. The fourth-order valence-corrected chi connectivity index (χ4v) is 1.31. The van der Waals surface area contributed by atoms with E-state index in [2.05, 4.69) is 0 Å². The van der Waals surface area contributed by atoms with Crippen molar-refractivity contribution in [3.63, 3.8) is 0 Å². The summed E-state index contributed by atoms with van der Waals surface area (Å²) < 4.78 is 10.2. The lowest BCUT2D eigenvalue weighted by molar-refractivity contribution is -0.283. The number of aliphatic hydroxyl groups excluding tert-OH is 3. The van der Waals surface area contributed by atoms with Crippen molar-refractivity contribution in [1.82, 2.24) is 0 Å². The SMILES string of the molecule is CC(C)(C)O[C@H]1[C@@H](O)[C@H](O)CO[C@@H]1O. The van der Waals surface area contributed by atoms with Gasteiger partial charge < -0.3 is 24.8 Å². The molecular formula is C9H18O5. The predicted octanol–water partition coefficient (Wildman–Crippen LogP) is -0.760. The van der Waals surface area contributed by atoms with Crippen LogP contribution in [0.3, 0.4) is 0 Å². The van der Waals surface area contributed by atoms with Gasteiger partial charge in [-0.1, -0.05) is 0 Å². The average molecular weight is 206 g/mol. The van der Waals surface area contributed by atoms with E-state index in [9.17, 15) is 15.3 Å². The first-order valence-electron chi connectivity index (χ1n) is 4.65. The van der Waals surface area contributed by atoms with Crippen molar-refractivity contribution in [2.45, 2.75) is 51.0 Å². The summed E-state index contributed by atoms with van der Waals surface area (Å²) in [7, 11) is 0. The van der Waals surface area contributed by atoms with Gasteiger partial charge in [-0.3, -0.25) is 0 Å². The Morgan fingerprint density at radius 3 is 2.29 bits per heavy atom. The maximum absolute atomic E-state index is 9.56. The van der Waals surface area contributed by atoms with Crippen LogP contribution in [0.1, 0.15) is 20.8 Å². The average Bonchev–Trinajstić information content (AvgIpc) is 2.04. The topological polar surface area (TPSA) is 79.2 Å². The molecular weight excluding hydrogens is 188 g/mol. The molecule has 0 bridgehead atoms. The summed E-state index contributed by atoms with van der Waals surface area (Å²) in [6.45, 7) is 5.32. The third-order valence-corrected chi connectivity index (χ3v) is 1.94. The van der Waals surface area contributed by atoms with E-state index in [1.54, 1.807) is 20.8 Å². The van der Waals surface area contributed by atoms with Crippen LogP contribution in [0.15, 0.2) is 0 Å². The van der Waals surface area contributed by atoms with Gasteiger partial charge >= 0.3 is 0 Å². The fourth-order valence-electron chi connectivity index (χ4n) is 1.31. The molecule has 1 heterocycles. The summed E-state index contributed by atoms with van der Waals surface area (Å²) in [6.07, 6.45) is -4.21. The lowest BCUT2D eigenvalue weighted by Crippen LogP contribution is -2.55. The van der Waals surface area contributed by atoms with Gasteiger partial charge in [0.1, 0.15) is 18.3 Å². The van der Waals surface area contributed by atoms with Crippen molar-refractivity contribution >= 4 is 0 Å². The second kappa shape index (κ2) is 4.12. The summed E-state index contributed by atoms with van der Waals surface area (Å²) in [5.41, 5.74) is -0.507. The maximum Gasteiger partial charge on any atom is 0.183 e. The highest BCUT2D eigenvalue weighted by Crippen LogP contribution is 2.22. The van der Waals surface area contributed by atoms with Crippen LogP contribution in [0, 0.1) is 0 Å². The van der Waals surface area contributed by atoms with Crippen LogP contribution in [0.25, 0.3) is 0 Å². The molecule has 1 saturated heterocycles. The lowest BCUT2D eigenvalue weighted by atomic mass is 10.0. The highest BCUT2D eigenvalue weighted by molar-refractivity contribution is 4.84. The molecule has 0 amide bonds. The third kappa shape index (κ3) is 2.90. The minimum Gasteiger partial charge on any atom is -0.388 e. The Balaban J connectivity index is 2.63. The summed E-state index contributed by atoms with van der Waals surface area (Å²) >= 11 is 0. The van der Waals surface area contributed by atoms with E-state index in [4.69, 9.17) is 9.47 Å². The molecule has 1 rings (SSSR count). The normalized spacial score (nSPS) is 39.9. The van der Waals surface area contributed by atoms with Crippen molar-refractivity contribution in [3.05, 3.63) is 0 Å². The molecule has 1 fully saturated rings. The molecule has 5 heteroatoms. The first-order valence-corrected chi connectivity index (χ1v) is 4.65. The molecule has 0 aromatic rings. The van der Waals surface area contributed by atoms with Gasteiger partial charge in [0, 0.05) is 0 Å². The first kappa shape index (κ1) is 11.9. The van der Waals surface area contributed by atoms with Gasteiger partial charge in [0.05, 0.1) is 12.2 Å². The quantitative estimate of drug-likeness (QED) is 0.525. The molecule has 1 aliphatic heterocycles. The van der Waals surface area contributed by atoms with Crippen molar-refractivity contribution in [3.8, 4) is 0 Å². The van der Waals surface area contributed by atoms with Crippen LogP contribution in [0.5, 0.6) is 0 Å².